The number of amides is 1. The molecule has 3 rings (SSSR count). The predicted molar refractivity (Wildman–Crippen MR) is 108 cm³/mol. The Bertz CT molecular complexity index is 845. The summed E-state index contributed by atoms with van der Waals surface area (Å²) in [5.41, 5.74) is 4.60. The van der Waals surface area contributed by atoms with Gasteiger partial charge in [0, 0.05) is 29.6 Å². The topological polar surface area (TPSA) is 87.8 Å². The Labute approximate surface area is 168 Å². The van der Waals surface area contributed by atoms with Gasteiger partial charge < -0.3 is 0 Å². The molecule has 2 aromatic rings. The molecule has 0 bridgehead atoms. The van der Waals surface area contributed by atoms with E-state index in [1.807, 2.05) is 12.1 Å². The number of non-ortho nitro benzene ring substituents is 1. The molecule has 1 saturated heterocycles. The van der Waals surface area contributed by atoms with E-state index in [0.717, 1.165) is 43.6 Å². The van der Waals surface area contributed by atoms with Gasteiger partial charge in [0.05, 0.1) is 11.1 Å². The first-order valence-electron chi connectivity index (χ1n) is 9.05. The summed E-state index contributed by atoms with van der Waals surface area (Å²) in [7, 11) is 0. The highest BCUT2D eigenvalue weighted by Crippen LogP contribution is 2.20. The lowest BCUT2D eigenvalue weighted by Crippen LogP contribution is -2.39. The van der Waals surface area contributed by atoms with Crippen molar-refractivity contribution in [2.24, 2.45) is 11.0 Å². The number of hydrogen-bond acceptors (Lipinski definition) is 5. The minimum atomic E-state index is -0.400. The first kappa shape index (κ1) is 20.0. The summed E-state index contributed by atoms with van der Waals surface area (Å²) in [6.45, 7) is 2.33. The number of hydrazone groups is 1. The van der Waals surface area contributed by atoms with E-state index in [1.54, 1.807) is 30.5 Å². The molecule has 0 radical (unpaired) electrons. The zero-order valence-electron chi connectivity index (χ0n) is 15.3. The maximum Gasteiger partial charge on any atom is 0.269 e. The molecule has 1 amide bonds. The summed E-state index contributed by atoms with van der Waals surface area (Å²) in [4.78, 5) is 24.8. The van der Waals surface area contributed by atoms with Gasteiger partial charge in [-0.05, 0) is 49.2 Å². The first-order chi connectivity index (χ1) is 13.5. The standard InChI is InChI=1S/C20H21ClN4O3/c21-18-5-1-15(2-6-18)13-22-23-20(26)17-9-11-24(12-10-17)14-16-3-7-19(8-4-16)25(27)28/h1-8,13,17H,9-12,14H2,(H,23,26). The lowest BCUT2D eigenvalue weighted by Gasteiger charge is -2.30. The normalized spacial score (nSPS) is 15.6. The number of hydrogen-bond donors (Lipinski definition) is 1. The molecule has 1 N–H and O–H groups in total. The smallest absolute Gasteiger partial charge is 0.269 e. The molecule has 0 atom stereocenters. The second-order valence-electron chi connectivity index (χ2n) is 6.76. The first-order valence-corrected chi connectivity index (χ1v) is 9.43. The van der Waals surface area contributed by atoms with E-state index < -0.39 is 4.92 Å². The second-order valence-corrected chi connectivity index (χ2v) is 7.20. The molecule has 0 aromatic heterocycles. The number of carbonyl (C=O) groups is 1. The molecule has 1 aliphatic rings. The van der Waals surface area contributed by atoms with Crippen LogP contribution in [0.1, 0.15) is 24.0 Å². The van der Waals surface area contributed by atoms with Crippen molar-refractivity contribution < 1.29 is 9.72 Å². The van der Waals surface area contributed by atoms with Gasteiger partial charge in [-0.3, -0.25) is 19.8 Å². The van der Waals surface area contributed by atoms with Crippen molar-refractivity contribution in [3.63, 3.8) is 0 Å². The fraction of sp³-hybridized carbons (Fsp3) is 0.300. The average molecular weight is 401 g/mol. The largest absolute Gasteiger partial charge is 0.299 e. The average Bonchev–Trinajstić information content (AvgIpc) is 2.70. The number of carbonyl (C=O) groups excluding carboxylic acids is 1. The van der Waals surface area contributed by atoms with E-state index in [4.69, 9.17) is 11.6 Å². The third kappa shape index (κ3) is 5.61. The number of nitro benzene ring substituents is 1. The van der Waals surface area contributed by atoms with Crippen LogP contribution >= 0.6 is 11.6 Å². The molecule has 8 heteroatoms. The highest BCUT2D eigenvalue weighted by molar-refractivity contribution is 6.30. The monoisotopic (exact) mass is 400 g/mol. The Morgan fingerprint density at radius 1 is 1.18 bits per heavy atom. The van der Waals surface area contributed by atoms with Crippen LogP contribution in [0.15, 0.2) is 53.6 Å². The summed E-state index contributed by atoms with van der Waals surface area (Å²) >= 11 is 5.83. The fourth-order valence-corrected chi connectivity index (χ4v) is 3.27. The number of rotatable bonds is 6. The van der Waals surface area contributed by atoms with E-state index >= 15 is 0 Å². The molecule has 0 aliphatic carbocycles. The van der Waals surface area contributed by atoms with Crippen molar-refractivity contribution >= 4 is 29.4 Å². The van der Waals surface area contributed by atoms with Crippen LogP contribution in [0.4, 0.5) is 5.69 Å². The maximum atomic E-state index is 12.3. The zero-order chi connectivity index (χ0) is 19.9. The molecule has 0 spiro atoms. The number of benzene rings is 2. The summed E-state index contributed by atoms with van der Waals surface area (Å²) in [5, 5.41) is 15.4. The lowest BCUT2D eigenvalue weighted by atomic mass is 9.96. The van der Waals surface area contributed by atoms with Gasteiger partial charge in [0.25, 0.3) is 5.69 Å². The lowest BCUT2D eigenvalue weighted by molar-refractivity contribution is -0.384. The van der Waals surface area contributed by atoms with Crippen LogP contribution in [-0.2, 0) is 11.3 Å². The van der Waals surface area contributed by atoms with E-state index in [9.17, 15) is 14.9 Å². The summed E-state index contributed by atoms with van der Waals surface area (Å²) in [6.07, 6.45) is 3.11. The van der Waals surface area contributed by atoms with E-state index in [1.165, 1.54) is 12.1 Å². The Balaban J connectivity index is 1.43. The van der Waals surface area contributed by atoms with Crippen LogP contribution in [-0.4, -0.2) is 35.0 Å². The number of nitro groups is 1. The van der Waals surface area contributed by atoms with Crippen LogP contribution in [0.5, 0.6) is 0 Å². The SMILES string of the molecule is O=C(NN=Cc1ccc(Cl)cc1)C1CCN(Cc2ccc([N+](=O)[O-])cc2)CC1. The Hall–Kier alpha value is -2.77. The third-order valence-electron chi connectivity index (χ3n) is 4.77. The third-order valence-corrected chi connectivity index (χ3v) is 5.02. The van der Waals surface area contributed by atoms with Crippen molar-refractivity contribution in [1.82, 2.24) is 10.3 Å². The van der Waals surface area contributed by atoms with Gasteiger partial charge in [0.2, 0.25) is 5.91 Å². The van der Waals surface area contributed by atoms with Gasteiger partial charge in [-0.2, -0.15) is 5.10 Å². The van der Waals surface area contributed by atoms with Crippen LogP contribution < -0.4 is 5.43 Å². The van der Waals surface area contributed by atoms with Gasteiger partial charge in [-0.25, -0.2) is 5.43 Å². The molecule has 1 heterocycles. The second kappa shape index (κ2) is 9.43. The quantitative estimate of drug-likeness (QED) is 0.455. The maximum absolute atomic E-state index is 12.3. The molecular weight excluding hydrogens is 380 g/mol. The zero-order valence-corrected chi connectivity index (χ0v) is 16.0. The molecule has 1 aliphatic heterocycles. The van der Waals surface area contributed by atoms with Gasteiger partial charge in [0.15, 0.2) is 0 Å². The number of nitrogens with zero attached hydrogens (tertiary/aromatic N) is 3. The van der Waals surface area contributed by atoms with Crippen molar-refractivity contribution in [2.75, 3.05) is 13.1 Å². The van der Waals surface area contributed by atoms with E-state index in [0.29, 0.717) is 5.02 Å². The number of nitrogens with one attached hydrogen (secondary N) is 1. The highest BCUT2D eigenvalue weighted by atomic mass is 35.5. The molecule has 0 unspecified atom stereocenters. The Morgan fingerprint density at radius 3 is 2.43 bits per heavy atom. The molecule has 2 aromatic carbocycles. The summed E-state index contributed by atoms with van der Waals surface area (Å²) in [5.74, 6) is -0.129. The molecule has 28 heavy (non-hydrogen) atoms. The van der Waals surface area contributed by atoms with Crippen molar-refractivity contribution in [3.8, 4) is 0 Å². The summed E-state index contributed by atoms with van der Waals surface area (Å²) < 4.78 is 0. The van der Waals surface area contributed by atoms with Crippen LogP contribution in [0.2, 0.25) is 5.02 Å². The van der Waals surface area contributed by atoms with Gasteiger partial charge in [0.1, 0.15) is 0 Å². The van der Waals surface area contributed by atoms with Crippen molar-refractivity contribution in [3.05, 3.63) is 74.8 Å². The van der Waals surface area contributed by atoms with Crippen LogP contribution in [0.3, 0.4) is 0 Å². The van der Waals surface area contributed by atoms with Gasteiger partial charge >= 0.3 is 0 Å². The molecule has 1 fully saturated rings. The molecule has 7 nitrogen and oxygen atoms in total. The predicted octanol–water partition coefficient (Wildman–Crippen LogP) is 3.61. The van der Waals surface area contributed by atoms with Crippen molar-refractivity contribution in [1.29, 1.82) is 0 Å². The molecule has 0 saturated carbocycles. The van der Waals surface area contributed by atoms with Gasteiger partial charge in [-0.1, -0.05) is 35.9 Å². The highest BCUT2D eigenvalue weighted by Gasteiger charge is 2.24. The van der Waals surface area contributed by atoms with Crippen molar-refractivity contribution in [2.45, 2.75) is 19.4 Å². The molecule has 146 valence electrons. The number of halogens is 1. The van der Waals surface area contributed by atoms with Crippen LogP contribution in [0, 0.1) is 16.0 Å². The van der Waals surface area contributed by atoms with Gasteiger partial charge in [-0.15, -0.1) is 0 Å². The summed E-state index contributed by atoms with van der Waals surface area (Å²) in [6, 6.07) is 13.8. The number of likely N-dealkylation sites (tertiary alicyclic amines) is 1. The molecular formula is C20H21ClN4O3. The fourth-order valence-electron chi connectivity index (χ4n) is 3.15. The Morgan fingerprint density at radius 2 is 1.82 bits per heavy atom. The minimum absolute atomic E-state index is 0.0597. The van der Waals surface area contributed by atoms with E-state index in [2.05, 4.69) is 15.4 Å². The van der Waals surface area contributed by atoms with E-state index in [-0.39, 0.29) is 17.5 Å². The number of piperidine rings is 1. The minimum Gasteiger partial charge on any atom is -0.299 e. The van der Waals surface area contributed by atoms with Crippen LogP contribution in [0.25, 0.3) is 0 Å². The Kier molecular flexibility index (Phi) is 6.73.